The molecule has 12 nitrogen and oxygen atoms in total. The molecule has 12 aromatic heterocycles. The number of para-hydroxylation sites is 10. The molecule has 32 aromatic rings. The fourth-order valence-corrected chi connectivity index (χ4v) is 24.8. The molecule has 0 N–H and O–H groups in total. The van der Waals surface area contributed by atoms with Gasteiger partial charge in [-0.1, -0.05) is 312 Å². The van der Waals surface area contributed by atoms with E-state index in [0.717, 1.165) is 164 Å². The highest BCUT2D eigenvalue weighted by molar-refractivity contribution is 7.22. The van der Waals surface area contributed by atoms with E-state index < -0.39 is 0 Å². The van der Waals surface area contributed by atoms with Crippen LogP contribution < -0.4 is 0 Å². The van der Waals surface area contributed by atoms with Crippen LogP contribution in [0, 0.1) is 0 Å². The number of hydrogen-bond donors (Lipinski definition) is 0. The molecule has 132 heavy (non-hydrogen) atoms. The Morgan fingerprint density at radius 1 is 0.174 bits per heavy atom. The van der Waals surface area contributed by atoms with E-state index >= 15 is 0 Å². The van der Waals surface area contributed by atoms with Gasteiger partial charge >= 0.3 is 0 Å². The number of thiazole rings is 4. The molecular formula is C116H64N8O4S4. The molecule has 0 saturated carbocycles. The molecule has 0 bridgehead atoms. The average molecular weight is 1760 g/mol. The van der Waals surface area contributed by atoms with Crippen molar-refractivity contribution in [1.82, 2.24) is 38.2 Å². The van der Waals surface area contributed by atoms with Crippen LogP contribution in [-0.2, 0) is 0 Å². The molecule has 0 atom stereocenters. The average Bonchev–Trinajstić information content (AvgIpc) is 1.54. The van der Waals surface area contributed by atoms with E-state index in [1.165, 1.54) is 116 Å². The minimum Gasteiger partial charge on any atom is -0.456 e. The van der Waals surface area contributed by atoms with Gasteiger partial charge in [-0.25, -0.2) is 19.9 Å². The van der Waals surface area contributed by atoms with Gasteiger partial charge in [0.2, 0.25) is 0 Å². The van der Waals surface area contributed by atoms with Crippen LogP contribution in [0.3, 0.4) is 0 Å². The van der Waals surface area contributed by atoms with Crippen molar-refractivity contribution in [3.63, 3.8) is 0 Å². The minimum atomic E-state index is 0.908. The SMILES string of the molecule is c1ccc2c(c1)ccc1c2c2ccc3c4ccccc4oc3c2n1-c1nc2ccccc2s1.c1ccc2cc3c(cc2c1)c1cc2oc4ccccc4c2cc1n3-c1nc2ccccc2s1.c1ccc2sc(-n3c4ccccc4c4c5ccccc5c5c6ccccc6oc5c43)nc2c1.c1ccc2sc(-n3c4ccccc4c4c5oc6ccccc6c5c5ccccc5c43)nc2c1. The summed E-state index contributed by atoms with van der Waals surface area (Å²) in [6.07, 6.45) is 0. The zero-order chi connectivity index (χ0) is 86.1. The fourth-order valence-electron chi connectivity index (χ4n) is 20.8. The predicted molar refractivity (Wildman–Crippen MR) is 555 cm³/mol. The van der Waals surface area contributed by atoms with Crippen molar-refractivity contribution in [2.75, 3.05) is 0 Å². The Morgan fingerprint density at radius 3 is 1.13 bits per heavy atom. The first-order valence-corrected chi connectivity index (χ1v) is 47.2. The van der Waals surface area contributed by atoms with Crippen LogP contribution in [0.1, 0.15) is 0 Å². The zero-order valence-corrected chi connectivity index (χ0v) is 73.1. The first-order chi connectivity index (χ1) is 65.5. The molecule has 0 aliphatic heterocycles. The number of nitrogens with zero attached hydrogens (tertiary/aromatic N) is 8. The summed E-state index contributed by atoms with van der Waals surface area (Å²) in [6.45, 7) is 0. The third-order valence-electron chi connectivity index (χ3n) is 26.5. The summed E-state index contributed by atoms with van der Waals surface area (Å²) in [7, 11) is 0. The van der Waals surface area contributed by atoms with E-state index in [0.29, 0.717) is 0 Å². The van der Waals surface area contributed by atoms with Gasteiger partial charge in [-0.05, 0) is 159 Å². The zero-order valence-electron chi connectivity index (χ0n) is 69.8. The van der Waals surface area contributed by atoms with Crippen molar-refractivity contribution in [2.24, 2.45) is 0 Å². The second-order valence-corrected chi connectivity index (χ2v) is 37.7. The standard InChI is InChI=1S/4C29H16N2OS/c1-2-10-18-17(9-1)25-20-12-4-7-15-23(20)32-28(25)26-19-11-3-6-14-22(19)31(27(18)26)29-30-21-13-5-8-16-24(21)33-29;1-2-10-18-17(9-1)25-19-11-3-6-14-22(19)31(29-30-21-13-5-8-16-24(21)33-29)27(25)28-26(18)20-12-4-7-15-23(20)32-28;1-2-8-18-14-24-20(13-17(18)7-1)21-16-27-22(19-9-3-5-11-26(19)32-27)15-25(21)31(24)29-30-23-10-4-6-12-28(23)33-29;1-2-8-18-17(7-1)13-16-23-26(18)21-15-14-20-19-9-3-5-11-24(19)32-28(20)27(21)31(23)29-30-22-10-4-6-12-25(22)33-29/h4*1-16H. The lowest BCUT2D eigenvalue weighted by atomic mass is 9.99. The van der Waals surface area contributed by atoms with Gasteiger partial charge in [-0.3, -0.25) is 18.3 Å². The Labute approximate surface area is 763 Å². The van der Waals surface area contributed by atoms with Crippen molar-refractivity contribution >= 4 is 304 Å². The highest BCUT2D eigenvalue weighted by Gasteiger charge is 2.29. The van der Waals surface area contributed by atoms with E-state index in [-0.39, 0.29) is 0 Å². The van der Waals surface area contributed by atoms with Crippen LogP contribution in [-0.4, -0.2) is 38.2 Å². The number of furan rings is 4. The van der Waals surface area contributed by atoms with Crippen molar-refractivity contribution in [3.05, 3.63) is 388 Å². The number of hydrogen-bond acceptors (Lipinski definition) is 12. The fraction of sp³-hybridized carbons (Fsp3) is 0. The minimum absolute atomic E-state index is 0.908. The molecule has 12 heterocycles. The topological polar surface area (TPSA) is 124 Å². The van der Waals surface area contributed by atoms with Crippen LogP contribution in [0.4, 0.5) is 0 Å². The van der Waals surface area contributed by atoms with Crippen LogP contribution >= 0.6 is 45.3 Å². The van der Waals surface area contributed by atoms with Crippen molar-refractivity contribution in [1.29, 1.82) is 0 Å². The summed E-state index contributed by atoms with van der Waals surface area (Å²) in [4.78, 5) is 20.1. The summed E-state index contributed by atoms with van der Waals surface area (Å²) >= 11 is 6.89. The van der Waals surface area contributed by atoms with Crippen molar-refractivity contribution in [2.45, 2.75) is 0 Å². The molecule has 0 aliphatic rings. The molecule has 16 heteroatoms. The van der Waals surface area contributed by atoms with Gasteiger partial charge in [0.25, 0.3) is 0 Å². The number of benzene rings is 20. The molecule has 20 aromatic carbocycles. The molecule has 616 valence electrons. The maximum Gasteiger partial charge on any atom is 0.195 e. The molecule has 0 fully saturated rings. The van der Waals surface area contributed by atoms with Gasteiger partial charge in [-0.2, -0.15) is 0 Å². The third kappa shape index (κ3) is 10.8. The maximum atomic E-state index is 6.60. The summed E-state index contributed by atoms with van der Waals surface area (Å²) in [5.74, 6) is 0. The quantitative estimate of drug-likeness (QED) is 0.171. The van der Waals surface area contributed by atoms with Gasteiger partial charge in [0.1, 0.15) is 39.0 Å². The lowest BCUT2D eigenvalue weighted by Gasteiger charge is -2.07. The number of rotatable bonds is 4. The Morgan fingerprint density at radius 2 is 0.553 bits per heavy atom. The molecular weight excluding hydrogens is 1700 g/mol. The van der Waals surface area contributed by atoms with Gasteiger partial charge < -0.3 is 17.7 Å². The lowest BCUT2D eigenvalue weighted by molar-refractivity contribution is 0.669. The summed E-state index contributed by atoms with van der Waals surface area (Å²) in [6, 6.07) is 136. The monoisotopic (exact) mass is 1760 g/mol. The van der Waals surface area contributed by atoms with Gasteiger partial charge in [-0.15, -0.1) is 0 Å². The largest absolute Gasteiger partial charge is 0.456 e. The molecule has 0 unspecified atom stereocenters. The Balaban J connectivity index is 0.0000000862. The Kier molecular flexibility index (Phi) is 15.8. The van der Waals surface area contributed by atoms with E-state index in [1.807, 2.05) is 60.7 Å². The first-order valence-electron chi connectivity index (χ1n) is 44.0. The van der Waals surface area contributed by atoms with Gasteiger partial charge in [0, 0.05) is 86.2 Å². The van der Waals surface area contributed by atoms with Gasteiger partial charge in [0.05, 0.1) is 84.9 Å². The normalized spacial score (nSPS) is 12.2. The molecule has 0 radical (unpaired) electrons. The first kappa shape index (κ1) is 73.4. The molecule has 0 saturated heterocycles. The van der Waals surface area contributed by atoms with Crippen LogP contribution in [0.25, 0.3) is 279 Å². The second kappa shape index (κ2) is 28.4. The molecule has 0 amide bonds. The van der Waals surface area contributed by atoms with Crippen LogP contribution in [0.2, 0.25) is 0 Å². The van der Waals surface area contributed by atoms with Crippen LogP contribution in [0.5, 0.6) is 0 Å². The number of aromatic nitrogens is 8. The van der Waals surface area contributed by atoms with Crippen LogP contribution in [0.15, 0.2) is 406 Å². The molecule has 0 aliphatic carbocycles. The van der Waals surface area contributed by atoms with Gasteiger partial charge in [0.15, 0.2) is 31.7 Å². The van der Waals surface area contributed by atoms with E-state index in [9.17, 15) is 0 Å². The highest BCUT2D eigenvalue weighted by atomic mass is 32.1. The summed E-state index contributed by atoms with van der Waals surface area (Å²) < 4.78 is 39.9. The smallest absolute Gasteiger partial charge is 0.195 e. The summed E-state index contributed by atoms with van der Waals surface area (Å²) in [5.41, 5.74) is 20.5. The van der Waals surface area contributed by atoms with E-state index in [1.54, 1.807) is 45.3 Å². The Hall–Kier alpha value is -16.6. The van der Waals surface area contributed by atoms with E-state index in [4.69, 9.17) is 37.6 Å². The second-order valence-electron chi connectivity index (χ2n) is 33.7. The third-order valence-corrected chi connectivity index (χ3v) is 30.6. The highest BCUT2D eigenvalue weighted by Crippen LogP contribution is 2.52. The molecule has 32 rings (SSSR count). The van der Waals surface area contributed by atoms with Crippen molar-refractivity contribution < 1.29 is 17.7 Å². The predicted octanol–water partition coefficient (Wildman–Crippen LogP) is 33.8. The summed E-state index contributed by atoms with van der Waals surface area (Å²) in [5, 5.41) is 32.5. The number of fused-ring (bicyclic) bond motifs is 40. The lowest BCUT2D eigenvalue weighted by Crippen LogP contribution is -1.93. The maximum absolute atomic E-state index is 6.60. The van der Waals surface area contributed by atoms with Crippen molar-refractivity contribution in [3.8, 4) is 20.5 Å². The Bertz CT molecular complexity index is 10300. The molecule has 0 spiro atoms. The van der Waals surface area contributed by atoms with E-state index in [2.05, 4.69) is 346 Å².